The van der Waals surface area contributed by atoms with Crippen molar-refractivity contribution in [2.24, 2.45) is 16.8 Å². The van der Waals surface area contributed by atoms with E-state index in [2.05, 4.69) is 32.2 Å². The van der Waals surface area contributed by atoms with Crippen LogP contribution in [-0.2, 0) is 11.2 Å². The monoisotopic (exact) mass is 374 g/mol. The molecule has 0 aromatic carbocycles. The highest BCUT2D eigenvalue weighted by atomic mass is 16.2. The van der Waals surface area contributed by atoms with Crippen LogP contribution in [0.4, 0.5) is 11.6 Å². The number of nitrogens with one attached hydrogen (secondary N) is 1. The van der Waals surface area contributed by atoms with Crippen LogP contribution in [0.5, 0.6) is 0 Å². The van der Waals surface area contributed by atoms with Gasteiger partial charge in [-0.3, -0.25) is 9.78 Å². The first-order chi connectivity index (χ1) is 13.6. The molecule has 1 aliphatic carbocycles. The first kappa shape index (κ1) is 18.0. The quantitative estimate of drug-likeness (QED) is 0.668. The van der Waals surface area contributed by atoms with E-state index in [1.807, 2.05) is 24.4 Å². The first-order valence-corrected chi connectivity index (χ1v) is 9.33. The largest absolute Gasteiger partial charge is 0.383 e. The average Bonchev–Trinajstić information content (AvgIpc) is 3.47. The molecule has 0 spiro atoms. The Kier molecular flexibility index (Phi) is 4.73. The van der Waals surface area contributed by atoms with E-state index in [1.54, 1.807) is 25.6 Å². The Morgan fingerprint density at radius 1 is 1.39 bits per heavy atom. The maximum atomic E-state index is 12.4. The number of aliphatic imine (C=N–C) groups is 1. The predicted octanol–water partition coefficient (Wildman–Crippen LogP) is 3.11. The SMILES string of the molecule is CCc1ccncc1-c1cc2cc(NC(=O)[C@@H]3C[C@@H]3/C=N\C)ncc2c(N)n1. The molecule has 3 aromatic rings. The molecule has 1 fully saturated rings. The zero-order valence-corrected chi connectivity index (χ0v) is 15.9. The Bertz CT molecular complexity index is 1080. The van der Waals surface area contributed by atoms with Crippen LogP contribution in [0, 0.1) is 11.8 Å². The van der Waals surface area contributed by atoms with Gasteiger partial charge < -0.3 is 16.0 Å². The lowest BCUT2D eigenvalue weighted by Crippen LogP contribution is -2.16. The second-order valence-electron chi connectivity index (χ2n) is 6.97. The van der Waals surface area contributed by atoms with Gasteiger partial charge in [0.1, 0.15) is 11.6 Å². The van der Waals surface area contributed by atoms with Crippen LogP contribution in [0.1, 0.15) is 18.9 Å². The normalized spacial score (nSPS) is 18.5. The molecule has 0 radical (unpaired) electrons. The van der Waals surface area contributed by atoms with Crippen molar-refractivity contribution in [3.05, 3.63) is 42.4 Å². The molecule has 3 N–H and O–H groups in total. The van der Waals surface area contributed by atoms with Gasteiger partial charge in [-0.1, -0.05) is 6.92 Å². The van der Waals surface area contributed by atoms with E-state index in [0.717, 1.165) is 40.4 Å². The minimum atomic E-state index is -0.0282. The summed E-state index contributed by atoms with van der Waals surface area (Å²) in [6.07, 6.45) is 8.77. The van der Waals surface area contributed by atoms with Gasteiger partial charge in [-0.15, -0.1) is 0 Å². The van der Waals surface area contributed by atoms with E-state index >= 15 is 0 Å². The van der Waals surface area contributed by atoms with Crippen LogP contribution in [0.2, 0.25) is 0 Å². The van der Waals surface area contributed by atoms with Crippen molar-refractivity contribution < 1.29 is 4.79 Å². The summed E-state index contributed by atoms with van der Waals surface area (Å²) in [5, 5.41) is 4.53. The number of nitrogens with zero attached hydrogens (tertiary/aromatic N) is 4. The number of nitrogens with two attached hydrogens (primary N) is 1. The van der Waals surface area contributed by atoms with Gasteiger partial charge in [-0.25, -0.2) is 9.97 Å². The zero-order valence-electron chi connectivity index (χ0n) is 15.9. The number of pyridine rings is 3. The lowest BCUT2D eigenvalue weighted by molar-refractivity contribution is -0.117. The number of anilines is 2. The van der Waals surface area contributed by atoms with E-state index in [1.165, 1.54) is 0 Å². The molecule has 2 atom stereocenters. The van der Waals surface area contributed by atoms with Crippen molar-refractivity contribution in [1.29, 1.82) is 0 Å². The van der Waals surface area contributed by atoms with Gasteiger partial charge >= 0.3 is 0 Å². The standard InChI is InChI=1S/C21H22N6O/c1-3-12-4-5-24-10-16(12)18-7-13-8-19(25-11-17(13)20(22)26-18)27-21(28)15-6-14(15)9-23-2/h4-5,7-11,14-15H,3,6H2,1-2H3,(H2,22,26)(H,25,27,28)/b23-9-/t14-,15-/m1/s1. The highest BCUT2D eigenvalue weighted by Crippen LogP contribution is 2.38. The van der Waals surface area contributed by atoms with Crippen LogP contribution >= 0.6 is 0 Å². The van der Waals surface area contributed by atoms with Gasteiger partial charge in [0.2, 0.25) is 5.91 Å². The molecule has 1 amide bonds. The summed E-state index contributed by atoms with van der Waals surface area (Å²) >= 11 is 0. The van der Waals surface area contributed by atoms with E-state index in [-0.39, 0.29) is 17.7 Å². The van der Waals surface area contributed by atoms with Gasteiger partial charge in [-0.05, 0) is 42.0 Å². The number of fused-ring (bicyclic) bond motifs is 1. The highest BCUT2D eigenvalue weighted by molar-refractivity contribution is 5.99. The summed E-state index contributed by atoms with van der Waals surface area (Å²) < 4.78 is 0. The third-order valence-corrected chi connectivity index (χ3v) is 5.08. The molecular weight excluding hydrogens is 352 g/mol. The number of carbonyl (C=O) groups excluding carboxylic acids is 1. The van der Waals surface area contributed by atoms with Crippen LogP contribution in [-0.4, -0.2) is 34.1 Å². The number of aromatic nitrogens is 3. The van der Waals surface area contributed by atoms with Gasteiger partial charge in [0.25, 0.3) is 0 Å². The Morgan fingerprint density at radius 3 is 3.04 bits per heavy atom. The molecular formula is C21H22N6O. The van der Waals surface area contributed by atoms with Gasteiger partial charge in [0.05, 0.1) is 5.69 Å². The molecule has 4 rings (SSSR count). The van der Waals surface area contributed by atoms with Crippen LogP contribution < -0.4 is 11.1 Å². The molecule has 0 aliphatic heterocycles. The summed E-state index contributed by atoms with van der Waals surface area (Å²) in [6.45, 7) is 2.09. The molecule has 0 unspecified atom stereocenters. The average molecular weight is 374 g/mol. The van der Waals surface area contributed by atoms with Crippen molar-refractivity contribution in [3.8, 4) is 11.3 Å². The van der Waals surface area contributed by atoms with Gasteiger partial charge in [-0.2, -0.15) is 0 Å². The number of nitrogen functional groups attached to an aromatic ring is 1. The maximum Gasteiger partial charge on any atom is 0.229 e. The summed E-state index contributed by atoms with van der Waals surface area (Å²) in [7, 11) is 1.72. The number of aryl methyl sites for hydroxylation is 1. The Labute approximate surface area is 163 Å². The fourth-order valence-corrected chi connectivity index (χ4v) is 3.43. The lowest BCUT2D eigenvalue weighted by Gasteiger charge is -2.11. The number of rotatable bonds is 5. The van der Waals surface area contributed by atoms with E-state index < -0.39 is 0 Å². The second-order valence-corrected chi connectivity index (χ2v) is 6.97. The van der Waals surface area contributed by atoms with Crippen molar-refractivity contribution in [3.63, 3.8) is 0 Å². The Balaban J connectivity index is 1.66. The highest BCUT2D eigenvalue weighted by Gasteiger charge is 2.41. The van der Waals surface area contributed by atoms with E-state index in [4.69, 9.17) is 5.73 Å². The molecule has 0 bridgehead atoms. The van der Waals surface area contributed by atoms with Gasteiger partial charge in [0, 0.05) is 54.6 Å². The predicted molar refractivity (Wildman–Crippen MR) is 111 cm³/mol. The number of hydrogen-bond acceptors (Lipinski definition) is 6. The van der Waals surface area contributed by atoms with Crippen molar-refractivity contribution in [2.45, 2.75) is 19.8 Å². The fourth-order valence-electron chi connectivity index (χ4n) is 3.43. The molecule has 1 saturated carbocycles. The van der Waals surface area contributed by atoms with Crippen LogP contribution in [0.3, 0.4) is 0 Å². The minimum absolute atomic E-state index is 0.0261. The minimum Gasteiger partial charge on any atom is -0.383 e. The molecule has 3 aromatic heterocycles. The smallest absolute Gasteiger partial charge is 0.229 e. The lowest BCUT2D eigenvalue weighted by atomic mass is 10.0. The summed E-state index contributed by atoms with van der Waals surface area (Å²) in [5.74, 6) is 1.09. The molecule has 28 heavy (non-hydrogen) atoms. The zero-order chi connectivity index (χ0) is 19.7. The maximum absolute atomic E-state index is 12.4. The topological polar surface area (TPSA) is 106 Å². The molecule has 3 heterocycles. The number of carbonyl (C=O) groups is 1. The molecule has 7 heteroatoms. The van der Waals surface area contributed by atoms with E-state index in [9.17, 15) is 4.79 Å². The molecule has 1 aliphatic rings. The number of hydrogen-bond donors (Lipinski definition) is 2. The first-order valence-electron chi connectivity index (χ1n) is 9.33. The third kappa shape index (κ3) is 3.43. The fraction of sp³-hybridized carbons (Fsp3) is 0.286. The Morgan fingerprint density at radius 2 is 2.25 bits per heavy atom. The summed E-state index contributed by atoms with van der Waals surface area (Å²) in [4.78, 5) is 29.5. The van der Waals surface area contributed by atoms with Crippen molar-refractivity contribution in [2.75, 3.05) is 18.1 Å². The molecule has 142 valence electrons. The summed E-state index contributed by atoms with van der Waals surface area (Å²) in [6, 6.07) is 5.78. The van der Waals surface area contributed by atoms with Gasteiger partial charge in [0.15, 0.2) is 0 Å². The Hall–Kier alpha value is -3.35. The third-order valence-electron chi connectivity index (χ3n) is 5.08. The van der Waals surface area contributed by atoms with E-state index in [0.29, 0.717) is 11.6 Å². The summed E-state index contributed by atoms with van der Waals surface area (Å²) in [5.41, 5.74) is 9.05. The molecule has 7 nitrogen and oxygen atoms in total. The molecule has 0 saturated heterocycles. The van der Waals surface area contributed by atoms with Crippen molar-refractivity contribution >= 4 is 34.5 Å². The second kappa shape index (κ2) is 7.34. The van der Waals surface area contributed by atoms with Crippen LogP contribution in [0.15, 0.2) is 41.8 Å². The number of amides is 1. The van der Waals surface area contributed by atoms with Crippen LogP contribution in [0.25, 0.3) is 22.0 Å². The van der Waals surface area contributed by atoms with Crippen molar-refractivity contribution in [1.82, 2.24) is 15.0 Å².